The monoisotopic (exact) mass is 474 g/mol. The number of ether oxygens (including phenoxy) is 1. The molecule has 2 amide bonds. The number of urea groups is 1. The van der Waals surface area contributed by atoms with Gasteiger partial charge in [0.2, 0.25) is 5.82 Å². The van der Waals surface area contributed by atoms with Gasteiger partial charge in [0.05, 0.1) is 24.4 Å². The number of nitrogens with one attached hydrogen (secondary N) is 1. The first kappa shape index (κ1) is 22.3. The van der Waals surface area contributed by atoms with Gasteiger partial charge in [-0.05, 0) is 67.1 Å². The summed E-state index contributed by atoms with van der Waals surface area (Å²) in [6.07, 6.45) is 0. The summed E-state index contributed by atoms with van der Waals surface area (Å²) in [7, 11) is 1.57. The van der Waals surface area contributed by atoms with Gasteiger partial charge in [0.15, 0.2) is 0 Å². The molecule has 1 atom stereocenters. The van der Waals surface area contributed by atoms with Crippen LogP contribution in [0.3, 0.4) is 0 Å². The van der Waals surface area contributed by atoms with Crippen LogP contribution in [0.15, 0.2) is 83.0 Å². The number of anilines is 1. The maximum absolute atomic E-state index is 14.1. The number of hydrogen-bond acceptors (Lipinski definition) is 5. The number of aromatic nitrogens is 2. The Morgan fingerprint density at radius 3 is 2.40 bits per heavy atom. The lowest BCUT2D eigenvalue weighted by atomic mass is 9.94. The van der Waals surface area contributed by atoms with E-state index in [9.17, 15) is 13.6 Å². The van der Waals surface area contributed by atoms with Crippen LogP contribution in [0.25, 0.3) is 17.0 Å². The number of nitrogens with zero attached hydrogens (tertiary/aromatic N) is 3. The molecule has 0 saturated heterocycles. The summed E-state index contributed by atoms with van der Waals surface area (Å²) in [6, 6.07) is 17.4. The molecule has 0 radical (unpaired) electrons. The van der Waals surface area contributed by atoms with Gasteiger partial charge in [-0.15, -0.1) is 0 Å². The first-order valence-electron chi connectivity index (χ1n) is 10.8. The van der Waals surface area contributed by atoms with Gasteiger partial charge < -0.3 is 14.6 Å². The van der Waals surface area contributed by atoms with Crippen LogP contribution < -0.4 is 15.0 Å². The summed E-state index contributed by atoms with van der Waals surface area (Å²) in [5, 5.41) is 6.97. The van der Waals surface area contributed by atoms with E-state index in [1.165, 1.54) is 35.2 Å². The van der Waals surface area contributed by atoms with Gasteiger partial charge in [0.25, 0.3) is 5.89 Å². The molecule has 35 heavy (non-hydrogen) atoms. The van der Waals surface area contributed by atoms with Crippen LogP contribution in [0.5, 0.6) is 5.75 Å². The molecule has 1 aromatic heterocycles. The second-order valence-corrected chi connectivity index (χ2v) is 7.90. The number of benzene rings is 3. The van der Waals surface area contributed by atoms with Crippen molar-refractivity contribution in [1.29, 1.82) is 0 Å². The third kappa shape index (κ3) is 4.23. The molecule has 0 bridgehead atoms. The Hall–Kier alpha value is -4.53. The summed E-state index contributed by atoms with van der Waals surface area (Å²) in [6.45, 7) is 1.70. The average Bonchev–Trinajstić information content (AvgIpc) is 3.33. The van der Waals surface area contributed by atoms with Crippen LogP contribution in [-0.2, 0) is 0 Å². The van der Waals surface area contributed by atoms with Gasteiger partial charge in [-0.3, -0.25) is 4.90 Å². The van der Waals surface area contributed by atoms with Gasteiger partial charge in [-0.25, -0.2) is 13.6 Å². The highest BCUT2D eigenvalue weighted by atomic mass is 19.1. The van der Waals surface area contributed by atoms with E-state index in [-0.39, 0.29) is 5.89 Å². The minimum atomic E-state index is -0.771. The third-order valence-corrected chi connectivity index (χ3v) is 5.74. The third-order valence-electron chi connectivity index (χ3n) is 5.74. The zero-order valence-electron chi connectivity index (χ0n) is 18.8. The molecule has 1 aliphatic rings. The summed E-state index contributed by atoms with van der Waals surface area (Å²) in [5.41, 5.74) is 2.43. The standard InChI is InChI=1S/C26H20F2N4O3/c1-15-22(25-30-24(31-35-25)16-9-11-21(34-2)12-10-16)23(17-5-3-6-18(27)13-17)29-26(33)32(15)20-8-4-7-19(28)14-20/h3-14,23H,1-2H3,(H,29,33). The number of amides is 2. The number of carbonyl (C=O) groups excluding carboxylic acids is 1. The lowest BCUT2D eigenvalue weighted by Crippen LogP contribution is -2.46. The van der Waals surface area contributed by atoms with Gasteiger partial charge in [0, 0.05) is 11.3 Å². The molecule has 0 fully saturated rings. The highest BCUT2D eigenvalue weighted by Crippen LogP contribution is 2.39. The predicted molar refractivity (Wildman–Crippen MR) is 125 cm³/mol. The molecule has 0 spiro atoms. The largest absolute Gasteiger partial charge is 0.497 e. The minimum absolute atomic E-state index is 0.143. The molecular weight excluding hydrogens is 454 g/mol. The fourth-order valence-corrected chi connectivity index (χ4v) is 4.07. The minimum Gasteiger partial charge on any atom is -0.497 e. The molecule has 4 aromatic rings. The molecule has 0 saturated carbocycles. The highest BCUT2D eigenvalue weighted by Gasteiger charge is 2.36. The van der Waals surface area contributed by atoms with Crippen molar-refractivity contribution < 1.29 is 22.8 Å². The van der Waals surface area contributed by atoms with Crippen LogP contribution in [0, 0.1) is 11.6 Å². The molecule has 7 nitrogen and oxygen atoms in total. The Morgan fingerprint density at radius 1 is 1.00 bits per heavy atom. The second-order valence-electron chi connectivity index (χ2n) is 7.90. The fourth-order valence-electron chi connectivity index (χ4n) is 4.07. The fraction of sp³-hybridized carbons (Fsp3) is 0.115. The molecule has 9 heteroatoms. The Balaban J connectivity index is 1.64. The van der Waals surface area contributed by atoms with Crippen molar-refractivity contribution in [2.75, 3.05) is 12.0 Å². The second kappa shape index (κ2) is 9.02. The van der Waals surface area contributed by atoms with E-state index in [0.717, 1.165) is 0 Å². The summed E-state index contributed by atoms with van der Waals surface area (Å²) in [4.78, 5) is 19.0. The zero-order valence-corrected chi connectivity index (χ0v) is 18.8. The van der Waals surface area contributed by atoms with E-state index in [4.69, 9.17) is 9.26 Å². The topological polar surface area (TPSA) is 80.5 Å². The van der Waals surface area contributed by atoms with Crippen molar-refractivity contribution >= 4 is 17.3 Å². The quantitative estimate of drug-likeness (QED) is 0.400. The van der Waals surface area contributed by atoms with E-state index in [1.54, 1.807) is 56.5 Å². The molecule has 0 aliphatic carbocycles. The maximum Gasteiger partial charge on any atom is 0.327 e. The highest BCUT2D eigenvalue weighted by molar-refractivity contribution is 6.01. The molecule has 1 aliphatic heterocycles. The molecule has 176 valence electrons. The molecule has 5 rings (SSSR count). The van der Waals surface area contributed by atoms with Crippen molar-refractivity contribution in [3.05, 3.63) is 102 Å². The lowest BCUT2D eigenvalue weighted by molar-refractivity contribution is 0.244. The van der Waals surface area contributed by atoms with Gasteiger partial charge in [-0.1, -0.05) is 23.4 Å². The SMILES string of the molecule is COc1ccc(-c2noc(C3=C(C)N(c4cccc(F)c4)C(=O)NC3c3cccc(F)c3)n2)cc1. The molecular formula is C26H20F2N4O3. The number of carbonyl (C=O) groups is 1. The summed E-state index contributed by atoms with van der Waals surface area (Å²) < 4.78 is 38.8. The molecule has 1 N–H and O–H groups in total. The van der Waals surface area contributed by atoms with Crippen molar-refractivity contribution in [3.63, 3.8) is 0 Å². The average molecular weight is 474 g/mol. The van der Waals surface area contributed by atoms with Gasteiger partial charge in [-0.2, -0.15) is 4.98 Å². The lowest BCUT2D eigenvalue weighted by Gasteiger charge is -2.35. The van der Waals surface area contributed by atoms with Crippen LogP contribution in [0.1, 0.15) is 24.4 Å². The normalized spacial score (nSPS) is 15.8. The number of hydrogen-bond donors (Lipinski definition) is 1. The van der Waals surface area contributed by atoms with E-state index >= 15 is 0 Å². The van der Waals surface area contributed by atoms with Crippen molar-refractivity contribution in [2.45, 2.75) is 13.0 Å². The van der Waals surface area contributed by atoms with Crippen molar-refractivity contribution in [3.8, 4) is 17.1 Å². The first-order valence-corrected chi connectivity index (χ1v) is 10.8. The summed E-state index contributed by atoms with van der Waals surface area (Å²) >= 11 is 0. The Kier molecular flexibility index (Phi) is 5.74. The van der Waals surface area contributed by atoms with E-state index in [2.05, 4.69) is 15.5 Å². The molecule has 3 aromatic carbocycles. The van der Waals surface area contributed by atoms with Crippen molar-refractivity contribution in [2.24, 2.45) is 0 Å². The predicted octanol–water partition coefficient (Wildman–Crippen LogP) is 5.73. The smallest absolute Gasteiger partial charge is 0.327 e. The zero-order chi connectivity index (χ0) is 24.5. The van der Waals surface area contributed by atoms with Crippen molar-refractivity contribution in [1.82, 2.24) is 15.5 Å². The summed E-state index contributed by atoms with van der Waals surface area (Å²) in [5.74, 6) is 0.212. The number of halogens is 2. The van der Waals surface area contributed by atoms with Crippen LogP contribution in [-0.4, -0.2) is 23.3 Å². The van der Waals surface area contributed by atoms with E-state index < -0.39 is 23.7 Å². The first-order chi connectivity index (χ1) is 16.9. The van der Waals surface area contributed by atoms with Gasteiger partial charge in [0.1, 0.15) is 17.4 Å². The van der Waals surface area contributed by atoms with Crippen LogP contribution in [0.2, 0.25) is 0 Å². The number of allylic oxidation sites excluding steroid dienone is 1. The Morgan fingerprint density at radius 2 is 1.71 bits per heavy atom. The Bertz CT molecular complexity index is 1430. The van der Waals surface area contributed by atoms with Crippen LogP contribution in [0.4, 0.5) is 19.3 Å². The van der Waals surface area contributed by atoms with Gasteiger partial charge >= 0.3 is 6.03 Å². The van der Waals surface area contributed by atoms with E-state index in [1.807, 2.05) is 0 Å². The Labute approximate surface area is 199 Å². The van der Waals surface area contributed by atoms with Crippen LogP contribution >= 0.6 is 0 Å². The van der Waals surface area contributed by atoms with E-state index in [0.29, 0.717) is 39.7 Å². The number of rotatable bonds is 5. The number of methoxy groups -OCH3 is 1. The molecule has 1 unspecified atom stereocenters. The molecule has 2 heterocycles. The maximum atomic E-state index is 14.1.